The molecule has 0 amide bonds. The fourth-order valence-electron chi connectivity index (χ4n) is 1.65. The molecule has 80 valence electrons. The Morgan fingerprint density at radius 2 is 2.29 bits per heavy atom. The van der Waals surface area contributed by atoms with Gasteiger partial charge in [-0.1, -0.05) is 13.8 Å². The molecule has 1 rings (SSSR count). The van der Waals surface area contributed by atoms with Gasteiger partial charge in [-0.25, -0.2) is 0 Å². The van der Waals surface area contributed by atoms with Gasteiger partial charge in [-0.15, -0.1) is 0 Å². The topological polar surface area (TPSA) is 52.6 Å². The smallest absolute Gasteiger partial charge is 0.313 e. The van der Waals surface area contributed by atoms with Crippen LogP contribution in [0.1, 0.15) is 27.2 Å². The van der Waals surface area contributed by atoms with Gasteiger partial charge >= 0.3 is 11.9 Å². The largest absolute Gasteiger partial charge is 0.466 e. The zero-order chi connectivity index (χ0) is 10.7. The van der Waals surface area contributed by atoms with Crippen molar-refractivity contribution in [2.24, 2.45) is 11.8 Å². The molecule has 0 saturated carbocycles. The average molecular weight is 200 g/mol. The minimum atomic E-state index is -0.414. The van der Waals surface area contributed by atoms with E-state index >= 15 is 0 Å². The van der Waals surface area contributed by atoms with Crippen LogP contribution < -0.4 is 0 Å². The van der Waals surface area contributed by atoms with Gasteiger partial charge < -0.3 is 9.47 Å². The number of carbonyl (C=O) groups excluding carboxylic acids is 2. The summed E-state index contributed by atoms with van der Waals surface area (Å²) in [5.74, 6) is -0.892. The van der Waals surface area contributed by atoms with E-state index in [1.165, 1.54) is 0 Å². The minimum Gasteiger partial charge on any atom is -0.466 e. The fraction of sp³-hybridized carbons (Fsp3) is 0.800. The number of cyclic esters (lactones) is 1. The van der Waals surface area contributed by atoms with Gasteiger partial charge in [-0.2, -0.15) is 0 Å². The molecule has 0 unspecified atom stereocenters. The van der Waals surface area contributed by atoms with Crippen LogP contribution in [0.5, 0.6) is 0 Å². The molecule has 1 fully saturated rings. The highest BCUT2D eigenvalue weighted by atomic mass is 16.6. The molecule has 1 saturated heterocycles. The molecule has 4 heteroatoms. The van der Waals surface area contributed by atoms with E-state index in [2.05, 4.69) is 0 Å². The maximum absolute atomic E-state index is 11.5. The Bertz CT molecular complexity index is 234. The third-order valence-corrected chi connectivity index (χ3v) is 2.30. The van der Waals surface area contributed by atoms with E-state index in [4.69, 9.17) is 9.47 Å². The van der Waals surface area contributed by atoms with Crippen LogP contribution in [0.3, 0.4) is 0 Å². The number of hydrogen-bond donors (Lipinski definition) is 0. The number of carbonyl (C=O) groups is 2. The van der Waals surface area contributed by atoms with Gasteiger partial charge in [-0.3, -0.25) is 9.59 Å². The average Bonchev–Trinajstić information content (AvgIpc) is 2.48. The normalized spacial score (nSPS) is 26.4. The van der Waals surface area contributed by atoms with Crippen molar-refractivity contribution in [1.82, 2.24) is 0 Å². The first-order valence-electron chi connectivity index (χ1n) is 4.92. The Morgan fingerprint density at radius 3 is 2.79 bits per heavy atom. The first-order chi connectivity index (χ1) is 6.56. The molecule has 0 aromatic rings. The molecule has 0 bridgehead atoms. The minimum absolute atomic E-state index is 0.149. The fourth-order valence-corrected chi connectivity index (χ4v) is 1.65. The van der Waals surface area contributed by atoms with E-state index < -0.39 is 5.92 Å². The van der Waals surface area contributed by atoms with Crippen molar-refractivity contribution in [2.45, 2.75) is 33.3 Å². The first-order valence-corrected chi connectivity index (χ1v) is 4.92. The van der Waals surface area contributed by atoms with E-state index in [1.807, 2.05) is 13.8 Å². The predicted octanol–water partition coefficient (Wildman–Crippen LogP) is 1.14. The van der Waals surface area contributed by atoms with Crippen LogP contribution in [0.15, 0.2) is 0 Å². The lowest BCUT2D eigenvalue weighted by Gasteiger charge is -2.19. The highest BCUT2D eigenvalue weighted by Gasteiger charge is 2.42. The van der Waals surface area contributed by atoms with Crippen LogP contribution in [0.4, 0.5) is 0 Å². The second kappa shape index (κ2) is 4.44. The molecule has 0 spiro atoms. The Morgan fingerprint density at radius 1 is 1.64 bits per heavy atom. The molecule has 0 aliphatic carbocycles. The van der Waals surface area contributed by atoms with Crippen molar-refractivity contribution in [2.75, 3.05) is 6.61 Å². The van der Waals surface area contributed by atoms with Gasteiger partial charge in [-0.05, 0) is 12.8 Å². The summed E-state index contributed by atoms with van der Waals surface area (Å²) >= 11 is 0. The Hall–Kier alpha value is -1.06. The molecule has 1 aliphatic rings. The van der Waals surface area contributed by atoms with Crippen molar-refractivity contribution in [1.29, 1.82) is 0 Å². The quantitative estimate of drug-likeness (QED) is 0.641. The molecule has 14 heavy (non-hydrogen) atoms. The van der Waals surface area contributed by atoms with Gasteiger partial charge in [0.1, 0.15) is 12.0 Å². The summed E-state index contributed by atoms with van der Waals surface area (Å²) in [6, 6.07) is 0. The van der Waals surface area contributed by atoms with E-state index in [9.17, 15) is 9.59 Å². The lowest BCUT2D eigenvalue weighted by Crippen LogP contribution is -2.30. The number of ether oxygens (including phenoxy) is 2. The molecule has 0 N–H and O–H groups in total. The lowest BCUT2D eigenvalue weighted by atomic mass is 9.93. The van der Waals surface area contributed by atoms with E-state index in [1.54, 1.807) is 6.92 Å². The van der Waals surface area contributed by atoms with Crippen molar-refractivity contribution in [3.05, 3.63) is 0 Å². The van der Waals surface area contributed by atoms with Crippen molar-refractivity contribution >= 4 is 11.9 Å². The number of esters is 2. The van der Waals surface area contributed by atoms with Crippen LogP contribution in [-0.4, -0.2) is 24.6 Å². The molecule has 0 aromatic carbocycles. The number of hydrogen-bond acceptors (Lipinski definition) is 4. The van der Waals surface area contributed by atoms with E-state index in [0.29, 0.717) is 6.61 Å². The van der Waals surface area contributed by atoms with Crippen LogP contribution in [0.2, 0.25) is 0 Å². The Kier molecular flexibility index (Phi) is 3.49. The molecule has 4 nitrogen and oxygen atoms in total. The van der Waals surface area contributed by atoms with E-state index in [-0.39, 0.29) is 30.4 Å². The summed E-state index contributed by atoms with van der Waals surface area (Å²) in [4.78, 5) is 22.5. The first kappa shape index (κ1) is 11.0. The van der Waals surface area contributed by atoms with Crippen LogP contribution in [0.25, 0.3) is 0 Å². The number of rotatable bonds is 3. The standard InChI is InChI=1S/C10H16O4/c1-4-13-10(12)7-5-8(11)14-9(7)6(2)3/h6-7,9H,4-5H2,1-3H3/t7-,9-/m1/s1. The summed E-state index contributed by atoms with van der Waals surface area (Å²) in [5.41, 5.74) is 0. The molecule has 0 aromatic heterocycles. The van der Waals surface area contributed by atoms with Gasteiger partial charge in [0.05, 0.1) is 13.0 Å². The molecule has 1 heterocycles. The highest BCUT2D eigenvalue weighted by Crippen LogP contribution is 2.28. The second-order valence-electron chi connectivity index (χ2n) is 3.76. The maximum atomic E-state index is 11.5. The Balaban J connectivity index is 2.66. The molecular weight excluding hydrogens is 184 g/mol. The van der Waals surface area contributed by atoms with Crippen LogP contribution >= 0.6 is 0 Å². The second-order valence-corrected chi connectivity index (χ2v) is 3.76. The molecule has 0 radical (unpaired) electrons. The lowest BCUT2D eigenvalue weighted by molar-refractivity contribution is -0.151. The predicted molar refractivity (Wildman–Crippen MR) is 49.5 cm³/mol. The molecule has 1 aliphatic heterocycles. The van der Waals surface area contributed by atoms with E-state index in [0.717, 1.165) is 0 Å². The zero-order valence-electron chi connectivity index (χ0n) is 8.78. The third-order valence-electron chi connectivity index (χ3n) is 2.30. The highest BCUT2D eigenvalue weighted by molar-refractivity contribution is 5.83. The van der Waals surface area contributed by atoms with Gasteiger partial charge in [0.25, 0.3) is 0 Å². The van der Waals surface area contributed by atoms with Crippen LogP contribution in [0, 0.1) is 11.8 Å². The van der Waals surface area contributed by atoms with Crippen molar-refractivity contribution in [3.63, 3.8) is 0 Å². The Labute approximate surface area is 83.6 Å². The SMILES string of the molecule is CCOC(=O)[C@@H]1CC(=O)O[C@@H]1C(C)C. The summed E-state index contributed by atoms with van der Waals surface area (Å²) in [5, 5.41) is 0. The molecular formula is C10H16O4. The van der Waals surface area contributed by atoms with Gasteiger partial charge in [0.2, 0.25) is 0 Å². The summed E-state index contributed by atoms with van der Waals surface area (Å²) < 4.78 is 9.95. The summed E-state index contributed by atoms with van der Waals surface area (Å²) in [7, 11) is 0. The monoisotopic (exact) mass is 200 g/mol. The third kappa shape index (κ3) is 2.25. The molecule has 2 atom stereocenters. The van der Waals surface area contributed by atoms with Gasteiger partial charge in [0, 0.05) is 0 Å². The summed E-state index contributed by atoms with van der Waals surface area (Å²) in [6.07, 6.45) is -0.164. The zero-order valence-corrected chi connectivity index (χ0v) is 8.78. The van der Waals surface area contributed by atoms with Crippen LogP contribution in [-0.2, 0) is 19.1 Å². The van der Waals surface area contributed by atoms with Crippen molar-refractivity contribution in [3.8, 4) is 0 Å². The maximum Gasteiger partial charge on any atom is 0.313 e. The summed E-state index contributed by atoms with van der Waals surface area (Å²) in [6.45, 7) is 5.94. The van der Waals surface area contributed by atoms with Crippen molar-refractivity contribution < 1.29 is 19.1 Å². The van der Waals surface area contributed by atoms with Gasteiger partial charge in [0.15, 0.2) is 0 Å².